The molecule has 1 aromatic carbocycles. The topological polar surface area (TPSA) is 128 Å². The minimum absolute atomic E-state index is 0.0485. The van der Waals surface area contributed by atoms with Crippen LogP contribution in [-0.4, -0.2) is 26.3 Å². The lowest BCUT2D eigenvalue weighted by Gasteiger charge is -2.15. The molecular weight excluding hydrogens is 367 g/mol. The van der Waals surface area contributed by atoms with E-state index in [-0.39, 0.29) is 41.3 Å². The summed E-state index contributed by atoms with van der Waals surface area (Å²) in [6, 6.07) is 9.22. The average molecular weight is 384 g/mol. The summed E-state index contributed by atoms with van der Waals surface area (Å²) >= 11 is 0. The number of aromatic nitrogens is 3. The van der Waals surface area contributed by atoms with Gasteiger partial charge in [0.2, 0.25) is 11.4 Å². The van der Waals surface area contributed by atoms with E-state index in [9.17, 15) is 14.4 Å². The third kappa shape index (κ3) is 3.56. The van der Waals surface area contributed by atoms with E-state index >= 15 is 0 Å². The molecule has 2 heterocycles. The molecule has 2 aromatic heterocycles. The molecule has 10 heteroatoms. The predicted molar refractivity (Wildman–Crippen MR) is 97.6 cm³/mol. The highest BCUT2D eigenvalue weighted by molar-refractivity contribution is 6.00. The lowest BCUT2D eigenvalue weighted by Crippen LogP contribution is -2.29. The van der Waals surface area contributed by atoms with Crippen LogP contribution in [0.25, 0.3) is 0 Å². The van der Waals surface area contributed by atoms with Crippen LogP contribution in [0.4, 0.5) is 10.2 Å². The summed E-state index contributed by atoms with van der Waals surface area (Å²) in [7, 11) is 0. The van der Waals surface area contributed by atoms with Gasteiger partial charge in [0.1, 0.15) is 5.82 Å². The zero-order valence-corrected chi connectivity index (χ0v) is 14.6. The molecule has 28 heavy (non-hydrogen) atoms. The molecule has 144 valence electrons. The number of hydrogen-bond acceptors (Lipinski definition) is 7. The highest BCUT2D eigenvalue weighted by Gasteiger charge is 2.27. The van der Waals surface area contributed by atoms with E-state index in [1.807, 2.05) is 0 Å². The van der Waals surface area contributed by atoms with E-state index in [0.717, 1.165) is 24.0 Å². The van der Waals surface area contributed by atoms with Gasteiger partial charge in [0.05, 0.1) is 12.6 Å². The van der Waals surface area contributed by atoms with Crippen molar-refractivity contribution in [2.24, 2.45) is 5.16 Å². The SMILES string of the molecule is O=c1cccc(CNc2nonc2/C(=N\O)NC2CCc3ccc(F)cc32)[nH]1. The molecule has 1 aliphatic rings. The largest absolute Gasteiger partial charge is 0.409 e. The van der Waals surface area contributed by atoms with Gasteiger partial charge < -0.3 is 20.8 Å². The smallest absolute Gasteiger partial charge is 0.248 e. The minimum Gasteiger partial charge on any atom is -0.409 e. The van der Waals surface area contributed by atoms with Gasteiger partial charge in [-0.1, -0.05) is 17.3 Å². The second-order valence-corrected chi connectivity index (χ2v) is 6.38. The molecule has 0 amide bonds. The van der Waals surface area contributed by atoms with Gasteiger partial charge in [-0.05, 0) is 52.5 Å². The Morgan fingerprint density at radius 2 is 2.25 bits per heavy atom. The molecule has 0 saturated carbocycles. The summed E-state index contributed by atoms with van der Waals surface area (Å²) in [4.78, 5) is 14.1. The maximum Gasteiger partial charge on any atom is 0.248 e. The molecule has 0 bridgehead atoms. The quantitative estimate of drug-likeness (QED) is 0.229. The first-order chi connectivity index (χ1) is 13.6. The van der Waals surface area contributed by atoms with Crippen LogP contribution in [0.1, 0.15) is 35.0 Å². The van der Waals surface area contributed by atoms with E-state index in [4.69, 9.17) is 4.63 Å². The number of aromatic amines is 1. The van der Waals surface area contributed by atoms with Crippen LogP contribution in [0.2, 0.25) is 0 Å². The Morgan fingerprint density at radius 3 is 3.07 bits per heavy atom. The Balaban J connectivity index is 1.50. The molecule has 1 atom stereocenters. The van der Waals surface area contributed by atoms with Crippen molar-refractivity contribution in [2.45, 2.75) is 25.4 Å². The molecule has 4 N–H and O–H groups in total. The monoisotopic (exact) mass is 384 g/mol. The summed E-state index contributed by atoms with van der Waals surface area (Å²) in [6.07, 6.45) is 1.51. The first kappa shape index (κ1) is 17.7. The Hall–Kier alpha value is -3.69. The van der Waals surface area contributed by atoms with Gasteiger partial charge in [-0.3, -0.25) is 4.79 Å². The Kier molecular flexibility index (Phi) is 4.75. The molecular formula is C18H17FN6O3. The van der Waals surface area contributed by atoms with Gasteiger partial charge in [-0.2, -0.15) is 0 Å². The minimum atomic E-state index is -0.322. The number of benzene rings is 1. The van der Waals surface area contributed by atoms with Crippen molar-refractivity contribution in [3.63, 3.8) is 0 Å². The third-order valence-corrected chi connectivity index (χ3v) is 4.58. The number of pyridine rings is 1. The number of H-pyrrole nitrogens is 1. The molecule has 0 spiro atoms. The van der Waals surface area contributed by atoms with Crippen LogP contribution in [0.15, 0.2) is 51.0 Å². The number of aryl methyl sites for hydroxylation is 1. The summed E-state index contributed by atoms with van der Waals surface area (Å²) in [5, 5.41) is 26.4. The van der Waals surface area contributed by atoms with Crippen LogP contribution in [0, 0.1) is 5.82 Å². The molecule has 1 aliphatic carbocycles. The lowest BCUT2D eigenvalue weighted by molar-refractivity contribution is 0.303. The van der Waals surface area contributed by atoms with Gasteiger partial charge in [-0.15, -0.1) is 0 Å². The normalized spacial score (nSPS) is 16.0. The molecule has 9 nitrogen and oxygen atoms in total. The second kappa shape index (κ2) is 7.51. The van der Waals surface area contributed by atoms with Gasteiger partial charge >= 0.3 is 0 Å². The standard InChI is InChI=1S/C18H17FN6O3/c19-11-6-4-10-5-7-14(13(10)8-11)22-18(23-27)16-17(25-28-24-16)20-9-12-2-1-3-15(26)21-12/h1-4,6,8,14,27H,5,7,9H2,(H,20,25)(H,21,26)(H,22,23). The van der Waals surface area contributed by atoms with E-state index in [0.29, 0.717) is 5.69 Å². The summed E-state index contributed by atoms with van der Waals surface area (Å²) < 4.78 is 18.4. The van der Waals surface area contributed by atoms with Crippen molar-refractivity contribution in [2.75, 3.05) is 5.32 Å². The molecule has 1 unspecified atom stereocenters. The predicted octanol–water partition coefficient (Wildman–Crippen LogP) is 1.92. The summed E-state index contributed by atoms with van der Waals surface area (Å²) in [5.74, 6) is -0.0351. The number of rotatable bonds is 5. The first-order valence-corrected chi connectivity index (χ1v) is 8.66. The zero-order valence-electron chi connectivity index (χ0n) is 14.6. The maximum atomic E-state index is 13.6. The van der Waals surface area contributed by atoms with E-state index in [1.54, 1.807) is 18.2 Å². The van der Waals surface area contributed by atoms with Crippen LogP contribution in [0.5, 0.6) is 0 Å². The zero-order chi connectivity index (χ0) is 19.5. The van der Waals surface area contributed by atoms with Crippen LogP contribution in [0.3, 0.4) is 0 Å². The van der Waals surface area contributed by atoms with Crippen molar-refractivity contribution in [1.82, 2.24) is 20.6 Å². The summed E-state index contributed by atoms with van der Waals surface area (Å²) in [6.45, 7) is 0.257. The summed E-state index contributed by atoms with van der Waals surface area (Å²) in [5.41, 5.74) is 2.45. The van der Waals surface area contributed by atoms with Crippen LogP contribution in [-0.2, 0) is 13.0 Å². The number of nitrogens with one attached hydrogen (secondary N) is 3. The van der Waals surface area contributed by atoms with E-state index in [1.165, 1.54) is 18.2 Å². The number of anilines is 1. The molecule has 0 fully saturated rings. The van der Waals surface area contributed by atoms with Gasteiger partial charge in [-0.25, -0.2) is 9.02 Å². The van der Waals surface area contributed by atoms with Crippen molar-refractivity contribution >= 4 is 11.7 Å². The van der Waals surface area contributed by atoms with Crippen molar-refractivity contribution in [3.8, 4) is 0 Å². The highest BCUT2D eigenvalue weighted by Crippen LogP contribution is 2.32. The molecule has 0 aliphatic heterocycles. The third-order valence-electron chi connectivity index (χ3n) is 4.58. The molecule has 4 rings (SSSR count). The number of amidine groups is 1. The number of fused-ring (bicyclic) bond motifs is 1. The molecule has 0 saturated heterocycles. The van der Waals surface area contributed by atoms with Crippen LogP contribution >= 0.6 is 0 Å². The van der Waals surface area contributed by atoms with Gasteiger partial charge in [0, 0.05) is 11.8 Å². The van der Waals surface area contributed by atoms with E-state index in [2.05, 4.69) is 31.1 Å². The fraction of sp³-hybridized carbons (Fsp3) is 0.222. The molecule has 3 aromatic rings. The fourth-order valence-electron chi connectivity index (χ4n) is 3.27. The number of oxime groups is 1. The Bertz CT molecular complexity index is 1080. The fourth-order valence-corrected chi connectivity index (χ4v) is 3.27. The van der Waals surface area contributed by atoms with Gasteiger partial charge in [0.25, 0.3) is 0 Å². The highest BCUT2D eigenvalue weighted by atomic mass is 19.1. The van der Waals surface area contributed by atoms with Crippen molar-refractivity contribution in [1.29, 1.82) is 0 Å². The first-order valence-electron chi connectivity index (χ1n) is 8.66. The lowest BCUT2D eigenvalue weighted by atomic mass is 10.1. The van der Waals surface area contributed by atoms with E-state index < -0.39 is 0 Å². The number of nitrogens with zero attached hydrogens (tertiary/aromatic N) is 3. The maximum absolute atomic E-state index is 13.6. The molecule has 0 radical (unpaired) electrons. The van der Waals surface area contributed by atoms with Crippen molar-refractivity contribution in [3.05, 3.63) is 75.1 Å². The van der Waals surface area contributed by atoms with Crippen LogP contribution < -0.4 is 16.2 Å². The Labute approximate surface area is 158 Å². The number of halogens is 1. The number of hydrogen-bond donors (Lipinski definition) is 4. The Morgan fingerprint density at radius 1 is 1.36 bits per heavy atom. The van der Waals surface area contributed by atoms with Gasteiger partial charge in [0.15, 0.2) is 11.5 Å². The average Bonchev–Trinajstić information content (AvgIpc) is 3.31. The van der Waals surface area contributed by atoms with Crippen molar-refractivity contribution < 1.29 is 14.2 Å². The second-order valence-electron chi connectivity index (χ2n) is 6.38.